The summed E-state index contributed by atoms with van der Waals surface area (Å²) in [6, 6.07) is 0. The molecule has 0 bridgehead atoms. The van der Waals surface area contributed by atoms with E-state index >= 15 is 0 Å². The number of hydrogen-bond donors (Lipinski definition) is 2. The van der Waals surface area contributed by atoms with E-state index in [0.29, 0.717) is 0 Å². The molecular weight excluding hydrogens is 234 g/mol. The van der Waals surface area contributed by atoms with Crippen molar-refractivity contribution in [3.63, 3.8) is 0 Å². The van der Waals surface area contributed by atoms with E-state index in [0.717, 1.165) is 0 Å². The molecule has 0 aromatic rings. The topological polar surface area (TPSA) is 89.4 Å². The molecule has 0 unspecified atom stereocenters. The normalized spacial score (nSPS) is 8.29. The van der Waals surface area contributed by atoms with Gasteiger partial charge in [-0.15, -0.1) is 0 Å². The Morgan fingerprint density at radius 3 is 1.43 bits per heavy atom. The van der Waals surface area contributed by atoms with Gasteiger partial charge in [0.05, 0.1) is 0 Å². The van der Waals surface area contributed by atoms with Crippen LogP contribution in [0.1, 0.15) is 0 Å². The summed E-state index contributed by atoms with van der Waals surface area (Å²) in [5.41, 5.74) is 0. The zero-order chi connectivity index (χ0) is 4.50. The molecule has 0 aliphatic rings. The fraction of sp³-hybridized carbons (Fsp3) is 0. The molecule has 50 valence electrons. The Bertz CT molecular complexity index is 96.1. The SMILES string of the molecule is N.O=S(=O)(O)[S-].[Ag+]. The van der Waals surface area contributed by atoms with E-state index in [-0.39, 0.29) is 28.5 Å². The Morgan fingerprint density at radius 1 is 1.43 bits per heavy atom. The van der Waals surface area contributed by atoms with Crippen LogP contribution in [0, 0.1) is 0 Å². The van der Waals surface area contributed by atoms with E-state index < -0.39 is 9.15 Å². The fourth-order valence-corrected chi connectivity index (χ4v) is 0. The first-order chi connectivity index (χ1) is 2.00. The van der Waals surface area contributed by atoms with E-state index in [1.807, 2.05) is 0 Å². The summed E-state index contributed by atoms with van der Waals surface area (Å²) in [4.78, 5) is 0. The average Bonchev–Trinajstić information content (AvgIpc) is 0.722. The zero-order valence-corrected chi connectivity index (χ0v) is 6.20. The Kier molecular flexibility index (Phi) is 11.4. The second-order valence-electron chi connectivity index (χ2n) is 0.428. The molecule has 7 heteroatoms. The van der Waals surface area contributed by atoms with Gasteiger partial charge in [-0.25, -0.2) is 8.42 Å². The van der Waals surface area contributed by atoms with Gasteiger partial charge in [0, 0.05) is 0 Å². The van der Waals surface area contributed by atoms with Crippen LogP contribution in [0.4, 0.5) is 0 Å². The maximum Gasteiger partial charge on any atom is 1.00 e. The molecule has 7 heavy (non-hydrogen) atoms. The summed E-state index contributed by atoms with van der Waals surface area (Å²) in [6.07, 6.45) is 0. The largest absolute Gasteiger partial charge is 1.00 e. The summed E-state index contributed by atoms with van der Waals surface area (Å²) in [5, 5.41) is 0. The van der Waals surface area contributed by atoms with Gasteiger partial charge in [0.25, 0.3) is 0 Å². The van der Waals surface area contributed by atoms with Crippen molar-refractivity contribution in [2.75, 3.05) is 0 Å². The summed E-state index contributed by atoms with van der Waals surface area (Å²) < 4.78 is 25.3. The smallest absolute Gasteiger partial charge is 0.619 e. The standard InChI is InChI=1S/Ag.H3N.H2O3S2/c;;1-5(2,3)4/h;1H3;(H2,1,2,3,4)/q+1;;/p-1. The van der Waals surface area contributed by atoms with Gasteiger partial charge in [-0.2, -0.15) is 0 Å². The van der Waals surface area contributed by atoms with Crippen molar-refractivity contribution in [3.8, 4) is 0 Å². The van der Waals surface area contributed by atoms with Crippen LogP contribution in [0.25, 0.3) is 0 Å². The second-order valence-corrected chi connectivity index (χ2v) is 2.55. The van der Waals surface area contributed by atoms with Crippen molar-refractivity contribution in [1.29, 1.82) is 0 Å². The first kappa shape index (κ1) is 15.7. The van der Waals surface area contributed by atoms with Crippen LogP contribution in [0.15, 0.2) is 0 Å². The van der Waals surface area contributed by atoms with Crippen LogP contribution < -0.4 is 6.15 Å². The minimum Gasteiger partial charge on any atom is -0.619 e. The summed E-state index contributed by atoms with van der Waals surface area (Å²) >= 11 is 3.35. The van der Waals surface area contributed by atoms with Gasteiger partial charge in [0.15, 0.2) is 0 Å². The summed E-state index contributed by atoms with van der Waals surface area (Å²) in [6.45, 7) is 0. The van der Waals surface area contributed by atoms with Crippen LogP contribution in [0.2, 0.25) is 0 Å². The van der Waals surface area contributed by atoms with Gasteiger partial charge < -0.3 is 22.4 Å². The average molecular weight is 238 g/mol. The van der Waals surface area contributed by atoms with E-state index in [9.17, 15) is 0 Å². The predicted molar refractivity (Wildman–Crippen MR) is 23.9 cm³/mol. The molecular formula is H4AgNO3S2. The molecule has 0 aromatic carbocycles. The first-order valence-electron chi connectivity index (χ1n) is 0.683. The van der Waals surface area contributed by atoms with E-state index in [2.05, 4.69) is 11.7 Å². The zero-order valence-electron chi connectivity index (χ0n) is 3.09. The quantitative estimate of drug-likeness (QED) is 0.257. The monoisotopic (exact) mass is 237 g/mol. The van der Waals surface area contributed by atoms with E-state index in [1.54, 1.807) is 0 Å². The molecule has 0 fully saturated rings. The van der Waals surface area contributed by atoms with Crippen molar-refractivity contribution in [1.82, 2.24) is 6.15 Å². The van der Waals surface area contributed by atoms with Crippen LogP contribution in [-0.4, -0.2) is 13.0 Å². The number of rotatable bonds is 0. The van der Waals surface area contributed by atoms with Crippen molar-refractivity contribution in [2.24, 2.45) is 0 Å². The van der Waals surface area contributed by atoms with Gasteiger partial charge in [0.2, 0.25) is 0 Å². The van der Waals surface area contributed by atoms with Crippen molar-refractivity contribution >= 4 is 20.8 Å². The molecule has 0 aromatic heterocycles. The molecule has 0 aliphatic heterocycles. The van der Waals surface area contributed by atoms with Gasteiger partial charge in [-0.05, 0) is 0 Å². The molecule has 0 rings (SSSR count). The molecule has 4 N–H and O–H groups in total. The van der Waals surface area contributed by atoms with Crippen LogP contribution >= 0.6 is 0 Å². The molecule has 0 saturated carbocycles. The van der Waals surface area contributed by atoms with Crippen LogP contribution in [0.3, 0.4) is 0 Å². The first-order valence-corrected chi connectivity index (χ1v) is 3.05. The minimum absolute atomic E-state index is 0. The van der Waals surface area contributed by atoms with Gasteiger partial charge in [-0.3, -0.25) is 0 Å². The Labute approximate surface area is 62.3 Å². The third-order valence-electron chi connectivity index (χ3n) is 0. The molecule has 0 aliphatic carbocycles. The summed E-state index contributed by atoms with van der Waals surface area (Å²) in [7, 11) is -4.08. The molecule has 0 heterocycles. The second kappa shape index (κ2) is 5.10. The predicted octanol–water partition coefficient (Wildman–Crippen LogP) is -0.504. The van der Waals surface area contributed by atoms with Gasteiger partial charge >= 0.3 is 22.4 Å². The van der Waals surface area contributed by atoms with Crippen molar-refractivity contribution in [2.45, 2.75) is 0 Å². The summed E-state index contributed by atoms with van der Waals surface area (Å²) in [5.74, 6) is 0. The van der Waals surface area contributed by atoms with Crippen LogP contribution in [0.5, 0.6) is 0 Å². The molecule has 0 amide bonds. The van der Waals surface area contributed by atoms with E-state index in [1.165, 1.54) is 0 Å². The third-order valence-corrected chi connectivity index (χ3v) is 0. The number of hydrogen-bond acceptors (Lipinski definition) is 4. The van der Waals surface area contributed by atoms with E-state index in [4.69, 9.17) is 13.0 Å². The molecule has 0 atom stereocenters. The van der Waals surface area contributed by atoms with Crippen LogP contribution in [-0.2, 0) is 43.2 Å². The van der Waals surface area contributed by atoms with Crippen molar-refractivity contribution in [3.05, 3.63) is 0 Å². The molecule has 0 saturated heterocycles. The Morgan fingerprint density at radius 2 is 1.43 bits per heavy atom. The Hall–Kier alpha value is 0.960. The van der Waals surface area contributed by atoms with Gasteiger partial charge in [-0.1, -0.05) is 0 Å². The maximum absolute atomic E-state index is 9.00. The Balaban J connectivity index is -0.0000000800. The molecule has 0 spiro atoms. The molecule has 0 radical (unpaired) electrons. The maximum atomic E-state index is 9.00. The minimum atomic E-state index is -4.08. The van der Waals surface area contributed by atoms with Crippen molar-refractivity contribution < 1.29 is 35.4 Å². The molecule has 4 nitrogen and oxygen atoms in total. The van der Waals surface area contributed by atoms with Gasteiger partial charge in [0.1, 0.15) is 9.15 Å². The third kappa shape index (κ3) is 186. The fourth-order valence-electron chi connectivity index (χ4n) is 0.